The normalized spacial score (nSPS) is 14.7. The molecule has 0 aliphatic carbocycles. The number of hydrogen-bond donors (Lipinski definition) is 0. The van der Waals surface area contributed by atoms with Crippen LogP contribution in [0.2, 0.25) is 0 Å². The second-order valence-electron chi connectivity index (χ2n) is 10.3. The number of aromatic nitrogens is 1. The molecule has 3 heterocycles. The molecule has 35 heavy (non-hydrogen) atoms. The van der Waals surface area contributed by atoms with Crippen LogP contribution in [0.15, 0.2) is 109 Å². The lowest BCUT2D eigenvalue weighted by molar-refractivity contribution is 0.632. The van der Waals surface area contributed by atoms with Gasteiger partial charge in [0, 0.05) is 32.6 Å². The molecule has 1 aliphatic heterocycles. The Hall–Kier alpha value is -4.30. The molecule has 0 fully saturated rings. The molecule has 0 amide bonds. The van der Waals surface area contributed by atoms with Crippen LogP contribution < -0.4 is 4.90 Å². The van der Waals surface area contributed by atoms with E-state index in [1.165, 1.54) is 66.3 Å². The number of rotatable bonds is 1. The van der Waals surface area contributed by atoms with Crippen LogP contribution in [0.3, 0.4) is 0 Å². The van der Waals surface area contributed by atoms with Crippen molar-refractivity contribution in [1.29, 1.82) is 0 Å². The Morgan fingerprint density at radius 2 is 1.09 bits per heavy atom. The van der Waals surface area contributed by atoms with Crippen molar-refractivity contribution in [2.24, 2.45) is 0 Å². The zero-order chi connectivity index (χ0) is 23.3. The second-order valence-corrected chi connectivity index (χ2v) is 10.3. The van der Waals surface area contributed by atoms with Crippen molar-refractivity contribution in [3.05, 3.63) is 120 Å². The van der Waals surface area contributed by atoms with Crippen LogP contribution in [0.5, 0.6) is 0 Å². The fourth-order valence-electron chi connectivity index (χ4n) is 6.51. The first-order chi connectivity index (χ1) is 17.1. The van der Waals surface area contributed by atoms with Gasteiger partial charge in [0.25, 0.3) is 0 Å². The van der Waals surface area contributed by atoms with Gasteiger partial charge in [0.2, 0.25) is 0 Å². The zero-order valence-corrected chi connectivity index (χ0v) is 19.8. The SMILES string of the molecule is CC1(C)c2ccccc2N(c2ccc3c4cccc5c6ccccc6n(c3c2)c54)c2ccccc21. The first-order valence-corrected chi connectivity index (χ1v) is 12.3. The fraction of sp³-hybridized carbons (Fsp3) is 0.0909. The highest BCUT2D eigenvalue weighted by atomic mass is 15.2. The molecule has 8 rings (SSSR count). The average molecular weight is 449 g/mol. The smallest absolute Gasteiger partial charge is 0.0620 e. The zero-order valence-electron chi connectivity index (χ0n) is 19.8. The largest absolute Gasteiger partial charge is 0.310 e. The number of fused-ring (bicyclic) bond motifs is 8. The molecule has 0 bridgehead atoms. The minimum Gasteiger partial charge on any atom is -0.310 e. The number of hydrogen-bond acceptors (Lipinski definition) is 1. The lowest BCUT2D eigenvalue weighted by atomic mass is 9.73. The van der Waals surface area contributed by atoms with E-state index in [9.17, 15) is 0 Å². The number of anilines is 3. The van der Waals surface area contributed by atoms with Crippen molar-refractivity contribution < 1.29 is 0 Å². The predicted molar refractivity (Wildman–Crippen MR) is 148 cm³/mol. The van der Waals surface area contributed by atoms with Crippen LogP contribution in [-0.4, -0.2) is 4.40 Å². The number of nitrogens with zero attached hydrogens (tertiary/aromatic N) is 2. The first-order valence-electron chi connectivity index (χ1n) is 12.3. The maximum Gasteiger partial charge on any atom is 0.0620 e. The van der Waals surface area contributed by atoms with E-state index in [2.05, 4.69) is 132 Å². The molecule has 0 N–H and O–H groups in total. The van der Waals surface area contributed by atoms with Gasteiger partial charge < -0.3 is 9.30 Å². The van der Waals surface area contributed by atoms with Gasteiger partial charge in [0.05, 0.1) is 27.9 Å². The van der Waals surface area contributed by atoms with Crippen LogP contribution in [-0.2, 0) is 5.41 Å². The van der Waals surface area contributed by atoms with E-state index in [1.807, 2.05) is 0 Å². The van der Waals surface area contributed by atoms with Gasteiger partial charge in [-0.1, -0.05) is 92.7 Å². The molecule has 2 heteroatoms. The third kappa shape index (κ3) is 2.29. The van der Waals surface area contributed by atoms with Gasteiger partial charge in [0.1, 0.15) is 0 Å². The first kappa shape index (κ1) is 19.1. The quantitative estimate of drug-likeness (QED) is 0.243. The summed E-state index contributed by atoms with van der Waals surface area (Å²) in [5.41, 5.74) is 10.2. The lowest BCUT2D eigenvalue weighted by Crippen LogP contribution is -2.30. The van der Waals surface area contributed by atoms with Crippen LogP contribution >= 0.6 is 0 Å². The number of benzene rings is 5. The molecule has 0 unspecified atom stereocenters. The van der Waals surface area contributed by atoms with E-state index >= 15 is 0 Å². The minimum absolute atomic E-state index is 0.0561. The molecule has 0 saturated carbocycles. The van der Waals surface area contributed by atoms with Gasteiger partial charge in [-0.2, -0.15) is 0 Å². The van der Waals surface area contributed by atoms with Gasteiger partial charge in [0.15, 0.2) is 0 Å². The van der Waals surface area contributed by atoms with Crippen molar-refractivity contribution in [2.45, 2.75) is 19.3 Å². The van der Waals surface area contributed by atoms with E-state index in [4.69, 9.17) is 0 Å². The highest BCUT2D eigenvalue weighted by Gasteiger charge is 2.36. The Morgan fingerprint density at radius 1 is 0.514 bits per heavy atom. The molecule has 0 atom stereocenters. The van der Waals surface area contributed by atoms with E-state index < -0.39 is 0 Å². The topological polar surface area (TPSA) is 7.65 Å². The number of para-hydroxylation sites is 4. The Balaban J connectivity index is 1.48. The molecule has 1 aliphatic rings. The summed E-state index contributed by atoms with van der Waals surface area (Å²) in [6, 6.07) is 40.2. The Morgan fingerprint density at radius 3 is 1.80 bits per heavy atom. The maximum atomic E-state index is 2.46. The van der Waals surface area contributed by atoms with Crippen molar-refractivity contribution >= 4 is 55.2 Å². The molecular formula is C33H24N2. The second kappa shape index (κ2) is 6.43. The summed E-state index contributed by atoms with van der Waals surface area (Å²) in [6.45, 7) is 4.67. The van der Waals surface area contributed by atoms with Crippen LogP contribution in [0.4, 0.5) is 17.1 Å². The van der Waals surface area contributed by atoms with E-state index in [0.717, 1.165) is 0 Å². The molecule has 7 aromatic rings. The van der Waals surface area contributed by atoms with Crippen LogP contribution in [0, 0.1) is 0 Å². The highest BCUT2D eigenvalue weighted by molar-refractivity contribution is 6.23. The third-order valence-corrected chi connectivity index (χ3v) is 8.10. The summed E-state index contributed by atoms with van der Waals surface area (Å²) in [5, 5.41) is 5.27. The summed E-state index contributed by atoms with van der Waals surface area (Å²) in [4.78, 5) is 2.45. The minimum atomic E-state index is -0.0561. The monoisotopic (exact) mass is 448 g/mol. The molecule has 2 nitrogen and oxygen atoms in total. The Bertz CT molecular complexity index is 1890. The lowest BCUT2D eigenvalue weighted by Gasteiger charge is -2.42. The summed E-state index contributed by atoms with van der Waals surface area (Å²) in [7, 11) is 0. The van der Waals surface area contributed by atoms with E-state index in [0.29, 0.717) is 0 Å². The van der Waals surface area contributed by atoms with Crippen molar-refractivity contribution in [2.75, 3.05) is 4.90 Å². The van der Waals surface area contributed by atoms with Crippen molar-refractivity contribution in [3.63, 3.8) is 0 Å². The molecule has 0 spiro atoms. The van der Waals surface area contributed by atoms with Gasteiger partial charge in [-0.25, -0.2) is 0 Å². The highest BCUT2D eigenvalue weighted by Crippen LogP contribution is 2.52. The third-order valence-electron chi connectivity index (χ3n) is 8.10. The van der Waals surface area contributed by atoms with E-state index in [-0.39, 0.29) is 5.41 Å². The van der Waals surface area contributed by atoms with E-state index in [1.54, 1.807) is 0 Å². The fourth-order valence-corrected chi connectivity index (χ4v) is 6.51. The van der Waals surface area contributed by atoms with Crippen molar-refractivity contribution in [3.8, 4) is 0 Å². The van der Waals surface area contributed by atoms with Gasteiger partial charge in [-0.05, 0) is 41.5 Å². The standard InChI is InChI=1S/C33H24N2/c1-33(2)26-13-4-7-16-29(26)34(30-17-8-5-14-27(30)33)21-18-19-23-25-12-9-11-24-22-10-3-6-15-28(22)35(32(24)25)31(23)20-21/h3-20H,1-2H3. The molecule has 0 radical (unpaired) electrons. The predicted octanol–water partition coefficient (Wildman–Crippen LogP) is 8.95. The average Bonchev–Trinajstić information content (AvgIpc) is 3.41. The van der Waals surface area contributed by atoms with Gasteiger partial charge in [-0.3, -0.25) is 0 Å². The molecule has 0 saturated heterocycles. The molecule has 5 aromatic carbocycles. The van der Waals surface area contributed by atoms with Crippen molar-refractivity contribution in [1.82, 2.24) is 4.40 Å². The van der Waals surface area contributed by atoms with Crippen LogP contribution in [0.1, 0.15) is 25.0 Å². The summed E-state index contributed by atoms with van der Waals surface area (Å²) >= 11 is 0. The molecular weight excluding hydrogens is 424 g/mol. The summed E-state index contributed by atoms with van der Waals surface area (Å²) in [5.74, 6) is 0. The summed E-state index contributed by atoms with van der Waals surface area (Å²) in [6.07, 6.45) is 0. The van der Waals surface area contributed by atoms with Crippen LogP contribution in [0.25, 0.3) is 38.1 Å². The van der Waals surface area contributed by atoms with Gasteiger partial charge in [-0.15, -0.1) is 0 Å². The molecule has 166 valence electrons. The molecule has 2 aromatic heterocycles. The Kier molecular flexibility index (Phi) is 3.50. The van der Waals surface area contributed by atoms with Gasteiger partial charge >= 0.3 is 0 Å². The summed E-state index contributed by atoms with van der Waals surface area (Å²) < 4.78 is 2.46. The Labute approximate surface area is 204 Å². The maximum absolute atomic E-state index is 2.46.